The van der Waals surface area contributed by atoms with Gasteiger partial charge in [0.2, 0.25) is 0 Å². The molecule has 1 aliphatic heterocycles. The highest BCUT2D eigenvalue weighted by atomic mass is 15.2. The zero-order chi connectivity index (χ0) is 13.6. The Kier molecular flexibility index (Phi) is 2.53. The van der Waals surface area contributed by atoms with E-state index < -0.39 is 0 Å². The van der Waals surface area contributed by atoms with Crippen LogP contribution in [0.15, 0.2) is 60.8 Å². The summed E-state index contributed by atoms with van der Waals surface area (Å²) in [6, 6.07) is 13.1. The lowest BCUT2D eigenvalue weighted by Crippen LogP contribution is -2.22. The molecule has 0 spiro atoms. The van der Waals surface area contributed by atoms with Gasteiger partial charge >= 0.3 is 0 Å². The monoisotopic (exact) mass is 249 g/mol. The average Bonchev–Trinajstić information content (AvgIpc) is 2.60. The van der Waals surface area contributed by atoms with Gasteiger partial charge in [-0.2, -0.15) is 0 Å². The number of fused-ring (bicyclic) bond motifs is 3. The smallest absolute Gasteiger partial charge is 0.0454 e. The first kappa shape index (κ1) is 12.0. The normalized spacial score (nSPS) is 18.9. The number of allylic oxidation sites excluding steroid dienone is 3. The number of likely N-dealkylation sites (N-methyl/N-ethyl adjacent to an activating group) is 1. The van der Waals surface area contributed by atoms with Crippen LogP contribution < -0.4 is 4.90 Å². The lowest BCUT2D eigenvalue weighted by molar-refractivity contribution is 0.645. The molecule has 0 fully saturated rings. The summed E-state index contributed by atoms with van der Waals surface area (Å²) in [5.74, 6) is 0. The second-order valence-electron chi connectivity index (χ2n) is 5.65. The van der Waals surface area contributed by atoms with Crippen LogP contribution in [0.1, 0.15) is 19.4 Å². The predicted molar refractivity (Wildman–Crippen MR) is 83.7 cm³/mol. The fourth-order valence-corrected chi connectivity index (χ4v) is 3.31. The van der Waals surface area contributed by atoms with E-state index in [1.807, 2.05) is 6.08 Å². The van der Waals surface area contributed by atoms with Crippen LogP contribution in [-0.2, 0) is 5.41 Å². The fraction of sp³-hybridized carbons (Fsp3) is 0.222. The van der Waals surface area contributed by atoms with Crippen molar-refractivity contribution in [1.29, 1.82) is 0 Å². The minimum Gasteiger partial charge on any atom is -0.347 e. The molecule has 0 aliphatic carbocycles. The molecule has 1 nitrogen and oxygen atoms in total. The third-order valence-electron chi connectivity index (χ3n) is 4.17. The van der Waals surface area contributed by atoms with Crippen LogP contribution in [0, 0.1) is 0 Å². The lowest BCUT2D eigenvalue weighted by atomic mass is 9.81. The maximum atomic E-state index is 3.85. The molecule has 0 radical (unpaired) electrons. The molecule has 2 aromatic carbocycles. The van der Waals surface area contributed by atoms with Crippen molar-refractivity contribution < 1.29 is 0 Å². The first-order chi connectivity index (χ1) is 9.07. The van der Waals surface area contributed by atoms with Gasteiger partial charge in [-0.3, -0.25) is 0 Å². The van der Waals surface area contributed by atoms with E-state index in [2.05, 4.69) is 74.8 Å². The van der Waals surface area contributed by atoms with Gasteiger partial charge in [0.25, 0.3) is 0 Å². The van der Waals surface area contributed by atoms with E-state index in [4.69, 9.17) is 0 Å². The molecule has 1 aliphatic rings. The van der Waals surface area contributed by atoms with Crippen molar-refractivity contribution in [2.75, 3.05) is 11.9 Å². The zero-order valence-corrected chi connectivity index (χ0v) is 11.8. The van der Waals surface area contributed by atoms with E-state index >= 15 is 0 Å². The number of benzene rings is 2. The van der Waals surface area contributed by atoms with Gasteiger partial charge in [-0.05, 0) is 28.5 Å². The van der Waals surface area contributed by atoms with E-state index in [0.717, 1.165) is 0 Å². The topological polar surface area (TPSA) is 3.24 Å². The van der Waals surface area contributed by atoms with Gasteiger partial charge in [-0.1, -0.05) is 56.8 Å². The van der Waals surface area contributed by atoms with Crippen molar-refractivity contribution in [3.8, 4) is 0 Å². The van der Waals surface area contributed by atoms with Gasteiger partial charge in [0.1, 0.15) is 0 Å². The Morgan fingerprint density at radius 2 is 1.84 bits per heavy atom. The van der Waals surface area contributed by atoms with Crippen molar-refractivity contribution in [2.24, 2.45) is 0 Å². The quantitative estimate of drug-likeness (QED) is 0.712. The SMILES string of the molecule is C=C/C=C1\N(C)c2ccc3ccccc3c2C1(C)C. The number of rotatable bonds is 1. The summed E-state index contributed by atoms with van der Waals surface area (Å²) in [5, 5.41) is 2.66. The Hall–Kier alpha value is -2.02. The van der Waals surface area contributed by atoms with Crippen molar-refractivity contribution in [1.82, 2.24) is 0 Å². The highest BCUT2D eigenvalue weighted by Crippen LogP contribution is 2.49. The number of hydrogen-bond acceptors (Lipinski definition) is 1. The second kappa shape index (κ2) is 3.99. The van der Waals surface area contributed by atoms with Crippen molar-refractivity contribution >= 4 is 16.5 Å². The van der Waals surface area contributed by atoms with Crippen molar-refractivity contribution in [3.05, 3.63) is 66.4 Å². The van der Waals surface area contributed by atoms with Gasteiger partial charge in [0.15, 0.2) is 0 Å². The summed E-state index contributed by atoms with van der Waals surface area (Å²) in [4.78, 5) is 2.28. The molecule has 0 saturated carbocycles. The highest BCUT2D eigenvalue weighted by Gasteiger charge is 2.39. The molecule has 0 bridgehead atoms. The first-order valence-electron chi connectivity index (χ1n) is 6.66. The van der Waals surface area contributed by atoms with E-state index in [1.165, 1.54) is 27.7 Å². The Bertz CT molecular complexity index is 692. The molecule has 96 valence electrons. The molecule has 0 N–H and O–H groups in total. The lowest BCUT2D eigenvalue weighted by Gasteiger charge is -2.24. The molecule has 0 atom stereocenters. The van der Waals surface area contributed by atoms with Crippen molar-refractivity contribution in [2.45, 2.75) is 19.3 Å². The Morgan fingerprint density at radius 3 is 2.58 bits per heavy atom. The molecular weight excluding hydrogens is 230 g/mol. The molecule has 1 heterocycles. The summed E-state index contributed by atoms with van der Waals surface area (Å²) in [6.45, 7) is 8.42. The number of anilines is 1. The molecule has 2 aromatic rings. The zero-order valence-electron chi connectivity index (χ0n) is 11.8. The molecule has 0 saturated heterocycles. The minimum atomic E-state index is 0.0130. The fourth-order valence-electron chi connectivity index (χ4n) is 3.31. The van der Waals surface area contributed by atoms with E-state index in [1.54, 1.807) is 0 Å². The highest BCUT2D eigenvalue weighted by molar-refractivity contribution is 5.94. The van der Waals surface area contributed by atoms with Crippen LogP contribution in [0.4, 0.5) is 5.69 Å². The molecular formula is C18H19N. The first-order valence-corrected chi connectivity index (χ1v) is 6.66. The Morgan fingerprint density at radius 1 is 1.11 bits per heavy atom. The maximum absolute atomic E-state index is 3.85. The maximum Gasteiger partial charge on any atom is 0.0454 e. The van der Waals surface area contributed by atoms with Gasteiger partial charge in [0.05, 0.1) is 0 Å². The largest absolute Gasteiger partial charge is 0.347 e. The van der Waals surface area contributed by atoms with Gasteiger partial charge in [-0.25, -0.2) is 0 Å². The Balaban J connectivity index is 2.40. The van der Waals surface area contributed by atoms with Crippen LogP contribution in [0.2, 0.25) is 0 Å². The summed E-state index contributed by atoms with van der Waals surface area (Å²) >= 11 is 0. The molecule has 19 heavy (non-hydrogen) atoms. The van der Waals surface area contributed by atoms with Crippen LogP contribution in [0.5, 0.6) is 0 Å². The summed E-state index contributed by atoms with van der Waals surface area (Å²) < 4.78 is 0. The standard InChI is InChI=1S/C18H19N/c1-5-8-16-18(2,3)17-14-10-7-6-9-13(14)11-12-15(17)19(16)4/h5-12H,1H2,2-4H3/b16-8-. The number of nitrogens with zero attached hydrogens (tertiary/aromatic N) is 1. The molecule has 0 amide bonds. The number of hydrogen-bond donors (Lipinski definition) is 0. The summed E-state index contributed by atoms with van der Waals surface area (Å²) in [7, 11) is 2.14. The van der Waals surface area contributed by atoms with Gasteiger partial charge in [0, 0.05) is 23.8 Å². The van der Waals surface area contributed by atoms with Gasteiger partial charge < -0.3 is 4.90 Å². The van der Waals surface area contributed by atoms with Crippen molar-refractivity contribution in [3.63, 3.8) is 0 Å². The molecule has 3 rings (SSSR count). The van der Waals surface area contributed by atoms with Crippen LogP contribution in [0.3, 0.4) is 0 Å². The van der Waals surface area contributed by atoms with E-state index in [-0.39, 0.29) is 5.41 Å². The van der Waals surface area contributed by atoms with Crippen LogP contribution in [-0.4, -0.2) is 7.05 Å². The third-order valence-corrected chi connectivity index (χ3v) is 4.17. The molecule has 1 heteroatoms. The van der Waals surface area contributed by atoms with Crippen LogP contribution >= 0.6 is 0 Å². The minimum absolute atomic E-state index is 0.0130. The van der Waals surface area contributed by atoms with Crippen LogP contribution in [0.25, 0.3) is 10.8 Å². The van der Waals surface area contributed by atoms with Gasteiger partial charge in [-0.15, -0.1) is 0 Å². The molecule has 0 aromatic heterocycles. The van der Waals surface area contributed by atoms with E-state index in [9.17, 15) is 0 Å². The third kappa shape index (κ3) is 1.54. The van der Waals surface area contributed by atoms with E-state index in [0.29, 0.717) is 0 Å². The average molecular weight is 249 g/mol. The summed E-state index contributed by atoms with van der Waals surface area (Å²) in [5.41, 5.74) is 4.03. The Labute approximate surface area is 114 Å². The molecule has 0 unspecified atom stereocenters. The summed E-state index contributed by atoms with van der Waals surface area (Å²) in [6.07, 6.45) is 4.00. The second-order valence-corrected chi connectivity index (χ2v) is 5.65. The predicted octanol–water partition coefficient (Wildman–Crippen LogP) is 4.64.